The number of carbonyl (C=O) groups is 1. The van der Waals surface area contributed by atoms with E-state index in [0.717, 1.165) is 30.2 Å². The number of amides is 1. The number of carbonyl (C=O) groups excluding carboxylic acids is 1. The zero-order valence-electron chi connectivity index (χ0n) is 13.1. The summed E-state index contributed by atoms with van der Waals surface area (Å²) in [5.74, 6) is 2.89. The van der Waals surface area contributed by atoms with Crippen LogP contribution < -0.4 is 10.2 Å². The van der Waals surface area contributed by atoms with Crippen molar-refractivity contribution in [3.05, 3.63) is 48.2 Å². The lowest BCUT2D eigenvalue weighted by Crippen LogP contribution is -2.34. The molecule has 1 aliphatic heterocycles. The van der Waals surface area contributed by atoms with Gasteiger partial charge in [-0.25, -0.2) is 0 Å². The molecule has 3 rings (SSSR count). The average Bonchev–Trinajstić information content (AvgIpc) is 2.80. The molecule has 2 heterocycles. The highest BCUT2D eigenvalue weighted by molar-refractivity contribution is 7.99. The van der Waals surface area contributed by atoms with Gasteiger partial charge in [-0.1, -0.05) is 18.2 Å². The summed E-state index contributed by atoms with van der Waals surface area (Å²) >= 11 is 1.97. The van der Waals surface area contributed by atoms with Crippen molar-refractivity contribution in [2.75, 3.05) is 28.3 Å². The molecule has 1 aromatic heterocycles. The molecule has 0 saturated carbocycles. The van der Waals surface area contributed by atoms with Crippen LogP contribution in [0.3, 0.4) is 0 Å². The molecule has 1 atom stereocenters. The molecule has 0 bridgehead atoms. The van der Waals surface area contributed by atoms with E-state index in [2.05, 4.69) is 27.3 Å². The zero-order chi connectivity index (χ0) is 16.1. The second-order valence-corrected chi connectivity index (χ2v) is 6.77. The third kappa shape index (κ3) is 4.01. The summed E-state index contributed by atoms with van der Waals surface area (Å²) in [6.07, 6.45) is 1.14. The van der Waals surface area contributed by atoms with Crippen molar-refractivity contribution in [1.82, 2.24) is 10.2 Å². The fourth-order valence-corrected chi connectivity index (χ4v) is 3.59. The van der Waals surface area contributed by atoms with E-state index in [4.69, 9.17) is 0 Å². The lowest BCUT2D eigenvalue weighted by molar-refractivity contribution is 0.102. The smallest absolute Gasteiger partial charge is 0.276 e. The molecular formula is C17H20N4OS. The normalized spacial score (nSPS) is 18.3. The molecule has 1 saturated heterocycles. The van der Waals surface area contributed by atoms with Gasteiger partial charge >= 0.3 is 0 Å². The van der Waals surface area contributed by atoms with Crippen LogP contribution in [0.15, 0.2) is 42.5 Å². The average molecular weight is 328 g/mol. The van der Waals surface area contributed by atoms with E-state index in [1.165, 1.54) is 5.75 Å². The maximum atomic E-state index is 12.2. The van der Waals surface area contributed by atoms with Crippen molar-refractivity contribution in [2.24, 2.45) is 0 Å². The van der Waals surface area contributed by atoms with E-state index < -0.39 is 0 Å². The Kier molecular flexibility index (Phi) is 5.12. The predicted molar refractivity (Wildman–Crippen MR) is 95.2 cm³/mol. The molecule has 5 nitrogen and oxygen atoms in total. The molecule has 1 aromatic carbocycles. The lowest BCUT2D eigenvalue weighted by atomic mass is 10.2. The number of aromatic nitrogens is 2. The van der Waals surface area contributed by atoms with E-state index in [1.807, 2.05) is 48.2 Å². The highest BCUT2D eigenvalue weighted by atomic mass is 32.2. The first kappa shape index (κ1) is 15.8. The van der Waals surface area contributed by atoms with Gasteiger partial charge in [0.05, 0.1) is 0 Å². The van der Waals surface area contributed by atoms with Gasteiger partial charge in [0, 0.05) is 24.0 Å². The number of hydrogen-bond donors (Lipinski definition) is 1. The molecule has 1 amide bonds. The Morgan fingerprint density at radius 3 is 2.74 bits per heavy atom. The van der Waals surface area contributed by atoms with Crippen LogP contribution in [0.4, 0.5) is 11.5 Å². The minimum atomic E-state index is -0.241. The van der Waals surface area contributed by atoms with Gasteiger partial charge in [-0.3, -0.25) is 4.79 Å². The first-order chi connectivity index (χ1) is 11.2. The van der Waals surface area contributed by atoms with Gasteiger partial charge in [-0.2, -0.15) is 11.8 Å². The third-order valence-corrected chi connectivity index (χ3v) is 4.89. The Morgan fingerprint density at radius 2 is 2.00 bits per heavy atom. The van der Waals surface area contributed by atoms with Gasteiger partial charge in [0.15, 0.2) is 11.5 Å². The summed E-state index contributed by atoms with van der Waals surface area (Å²) in [5, 5.41) is 11.2. The number of nitrogens with one attached hydrogen (secondary N) is 1. The van der Waals surface area contributed by atoms with E-state index in [-0.39, 0.29) is 5.91 Å². The molecule has 2 aromatic rings. The molecule has 120 valence electrons. The molecule has 1 fully saturated rings. The minimum absolute atomic E-state index is 0.241. The monoisotopic (exact) mass is 328 g/mol. The zero-order valence-corrected chi connectivity index (χ0v) is 13.9. The van der Waals surface area contributed by atoms with Crippen LogP contribution in [0.5, 0.6) is 0 Å². The van der Waals surface area contributed by atoms with Crippen molar-refractivity contribution >= 4 is 29.2 Å². The Labute approximate surface area is 140 Å². The van der Waals surface area contributed by atoms with E-state index in [0.29, 0.717) is 11.7 Å². The standard InChI is InChI=1S/C17H20N4OS/c1-13-9-11-23-12-10-21(13)16-8-7-15(19-20-16)17(22)18-14-5-3-2-4-6-14/h2-8,13H,9-12H2,1H3,(H,18,22). The summed E-state index contributed by atoms with van der Waals surface area (Å²) in [7, 11) is 0. The largest absolute Gasteiger partial charge is 0.352 e. The number of anilines is 2. The number of para-hydroxylation sites is 1. The van der Waals surface area contributed by atoms with Gasteiger partial charge in [0.25, 0.3) is 5.91 Å². The van der Waals surface area contributed by atoms with Crippen LogP contribution in [-0.2, 0) is 0 Å². The summed E-state index contributed by atoms with van der Waals surface area (Å²) < 4.78 is 0. The van der Waals surface area contributed by atoms with Gasteiger partial charge in [-0.15, -0.1) is 10.2 Å². The molecule has 0 spiro atoms. The van der Waals surface area contributed by atoms with Gasteiger partial charge in [-0.05, 0) is 43.4 Å². The quantitative estimate of drug-likeness (QED) is 0.938. The highest BCUT2D eigenvalue weighted by Crippen LogP contribution is 2.21. The van der Waals surface area contributed by atoms with Crippen molar-refractivity contribution in [2.45, 2.75) is 19.4 Å². The molecule has 1 unspecified atom stereocenters. The van der Waals surface area contributed by atoms with Crippen LogP contribution >= 0.6 is 11.8 Å². The van der Waals surface area contributed by atoms with Crippen molar-refractivity contribution < 1.29 is 4.79 Å². The van der Waals surface area contributed by atoms with Crippen LogP contribution in [0, 0.1) is 0 Å². The maximum absolute atomic E-state index is 12.2. The van der Waals surface area contributed by atoms with E-state index in [9.17, 15) is 4.79 Å². The third-order valence-electron chi connectivity index (χ3n) is 3.90. The molecule has 0 radical (unpaired) electrons. The van der Waals surface area contributed by atoms with E-state index in [1.54, 1.807) is 6.07 Å². The Hall–Kier alpha value is -2.08. The van der Waals surface area contributed by atoms with Crippen LogP contribution in [-0.4, -0.2) is 40.2 Å². The maximum Gasteiger partial charge on any atom is 0.276 e. The van der Waals surface area contributed by atoms with Crippen molar-refractivity contribution in [1.29, 1.82) is 0 Å². The van der Waals surface area contributed by atoms with E-state index >= 15 is 0 Å². The molecule has 6 heteroatoms. The van der Waals surface area contributed by atoms with Crippen molar-refractivity contribution in [3.8, 4) is 0 Å². The molecular weight excluding hydrogens is 308 g/mol. The number of thioether (sulfide) groups is 1. The summed E-state index contributed by atoms with van der Waals surface area (Å²) in [6, 6.07) is 13.4. The van der Waals surface area contributed by atoms with Gasteiger partial charge in [0.2, 0.25) is 0 Å². The molecule has 1 aliphatic rings. The first-order valence-corrected chi connectivity index (χ1v) is 8.94. The van der Waals surface area contributed by atoms with Crippen LogP contribution in [0.25, 0.3) is 0 Å². The number of hydrogen-bond acceptors (Lipinski definition) is 5. The second-order valence-electron chi connectivity index (χ2n) is 5.54. The van der Waals surface area contributed by atoms with Gasteiger partial charge < -0.3 is 10.2 Å². The van der Waals surface area contributed by atoms with Gasteiger partial charge in [0.1, 0.15) is 0 Å². The summed E-state index contributed by atoms with van der Waals surface area (Å²) in [6.45, 7) is 3.18. The first-order valence-electron chi connectivity index (χ1n) is 7.78. The number of rotatable bonds is 3. The Bertz CT molecular complexity index is 647. The summed E-state index contributed by atoms with van der Waals surface area (Å²) in [4.78, 5) is 14.5. The summed E-state index contributed by atoms with van der Waals surface area (Å²) in [5.41, 5.74) is 1.08. The number of benzene rings is 1. The predicted octanol–water partition coefficient (Wildman–Crippen LogP) is 3.06. The molecule has 1 N–H and O–H groups in total. The van der Waals surface area contributed by atoms with Crippen LogP contribution in [0.2, 0.25) is 0 Å². The van der Waals surface area contributed by atoms with Crippen LogP contribution in [0.1, 0.15) is 23.8 Å². The number of nitrogens with zero attached hydrogens (tertiary/aromatic N) is 3. The fraction of sp³-hybridized carbons (Fsp3) is 0.353. The fourth-order valence-electron chi connectivity index (χ4n) is 2.55. The molecule has 23 heavy (non-hydrogen) atoms. The second kappa shape index (κ2) is 7.46. The molecule has 0 aliphatic carbocycles. The SMILES string of the molecule is CC1CCSCCN1c1ccc(C(=O)Nc2ccccc2)nn1. The topological polar surface area (TPSA) is 58.1 Å². The van der Waals surface area contributed by atoms with Crippen molar-refractivity contribution in [3.63, 3.8) is 0 Å². The Morgan fingerprint density at radius 1 is 1.17 bits per heavy atom. The minimum Gasteiger partial charge on any atom is -0.352 e. The lowest BCUT2D eigenvalue weighted by Gasteiger charge is -2.27. The Balaban J connectivity index is 1.70. The highest BCUT2D eigenvalue weighted by Gasteiger charge is 2.19.